The number of benzene rings is 1. The Morgan fingerprint density at radius 1 is 1.06 bits per heavy atom. The van der Waals surface area contributed by atoms with E-state index >= 15 is 0 Å². The van der Waals surface area contributed by atoms with Gasteiger partial charge in [0.25, 0.3) is 0 Å². The van der Waals surface area contributed by atoms with Gasteiger partial charge in [-0.2, -0.15) is 0 Å². The van der Waals surface area contributed by atoms with Crippen molar-refractivity contribution in [1.82, 2.24) is 0 Å². The summed E-state index contributed by atoms with van der Waals surface area (Å²) in [7, 11) is 0. The van der Waals surface area contributed by atoms with Crippen LogP contribution >= 0.6 is 0 Å². The van der Waals surface area contributed by atoms with Crippen molar-refractivity contribution in [2.75, 3.05) is 10.6 Å². The van der Waals surface area contributed by atoms with Crippen LogP contribution in [-0.4, -0.2) is 11.9 Å². The molecule has 1 aliphatic carbocycles. The van der Waals surface area contributed by atoms with Crippen molar-refractivity contribution in [3.63, 3.8) is 0 Å². The molecule has 0 aromatic heterocycles. The van der Waals surface area contributed by atoms with E-state index in [0.717, 1.165) is 24.2 Å². The van der Waals surface area contributed by atoms with E-state index in [1.54, 1.807) is 0 Å². The Labute approximate surface area is 94.5 Å². The number of para-hydroxylation sites is 2. The van der Waals surface area contributed by atoms with E-state index in [-0.39, 0.29) is 17.9 Å². The lowest BCUT2D eigenvalue weighted by Crippen LogP contribution is -2.36. The van der Waals surface area contributed by atoms with Crippen molar-refractivity contribution in [1.29, 1.82) is 0 Å². The van der Waals surface area contributed by atoms with Crippen molar-refractivity contribution >= 4 is 17.3 Å². The molecule has 82 valence electrons. The van der Waals surface area contributed by atoms with Gasteiger partial charge >= 0.3 is 0 Å². The standard InChI is InChI=1S/C13H14N2O/c16-13-9-5-1-2-6-10(9)14-11-7-3-4-8-12(11)15-13/h1-4,7-10,14H,5-6H2,(H,15,16). The number of nitrogens with one attached hydrogen (secondary N) is 2. The quantitative estimate of drug-likeness (QED) is 0.651. The number of hydrogen-bond donors (Lipinski definition) is 2. The van der Waals surface area contributed by atoms with Crippen molar-refractivity contribution in [2.45, 2.75) is 18.9 Å². The number of fused-ring (bicyclic) bond motifs is 2. The molecule has 0 bridgehead atoms. The molecule has 0 radical (unpaired) electrons. The Hall–Kier alpha value is -1.77. The number of carbonyl (C=O) groups is 1. The molecule has 1 amide bonds. The first-order valence-electron chi connectivity index (χ1n) is 5.66. The second-order valence-electron chi connectivity index (χ2n) is 4.33. The Balaban J connectivity index is 1.99. The highest BCUT2D eigenvalue weighted by Crippen LogP contribution is 2.31. The average molecular weight is 214 g/mol. The third-order valence-electron chi connectivity index (χ3n) is 3.30. The Morgan fingerprint density at radius 2 is 1.81 bits per heavy atom. The third kappa shape index (κ3) is 1.48. The second kappa shape index (κ2) is 3.67. The summed E-state index contributed by atoms with van der Waals surface area (Å²) in [5.41, 5.74) is 1.92. The highest BCUT2D eigenvalue weighted by Gasteiger charge is 2.31. The topological polar surface area (TPSA) is 41.1 Å². The number of amides is 1. The summed E-state index contributed by atoms with van der Waals surface area (Å²) in [6.07, 6.45) is 6.00. The van der Waals surface area contributed by atoms with Gasteiger partial charge in [-0.05, 0) is 25.0 Å². The van der Waals surface area contributed by atoms with Gasteiger partial charge in [0.05, 0.1) is 17.3 Å². The lowest BCUT2D eigenvalue weighted by atomic mass is 9.88. The van der Waals surface area contributed by atoms with Crippen LogP contribution in [0, 0.1) is 5.92 Å². The molecule has 2 N–H and O–H groups in total. The fourth-order valence-corrected chi connectivity index (χ4v) is 2.41. The highest BCUT2D eigenvalue weighted by molar-refractivity contribution is 5.98. The molecule has 1 aromatic rings. The van der Waals surface area contributed by atoms with Gasteiger partial charge in [-0.3, -0.25) is 4.79 Å². The summed E-state index contributed by atoms with van der Waals surface area (Å²) in [5, 5.41) is 6.44. The van der Waals surface area contributed by atoms with E-state index in [0.29, 0.717) is 0 Å². The predicted molar refractivity (Wildman–Crippen MR) is 64.3 cm³/mol. The number of allylic oxidation sites excluding steroid dienone is 1. The fourth-order valence-electron chi connectivity index (χ4n) is 2.41. The molecule has 3 heteroatoms. The van der Waals surface area contributed by atoms with Crippen LogP contribution in [-0.2, 0) is 4.79 Å². The average Bonchev–Trinajstić information content (AvgIpc) is 2.45. The second-order valence-corrected chi connectivity index (χ2v) is 4.33. The Bertz CT molecular complexity index is 453. The van der Waals surface area contributed by atoms with Crippen molar-refractivity contribution in [3.8, 4) is 0 Å². The van der Waals surface area contributed by atoms with Crippen molar-refractivity contribution in [2.24, 2.45) is 5.92 Å². The van der Waals surface area contributed by atoms with Gasteiger partial charge in [0, 0.05) is 6.04 Å². The molecule has 0 fully saturated rings. The maximum atomic E-state index is 12.0. The molecule has 2 aliphatic rings. The maximum Gasteiger partial charge on any atom is 0.229 e. The molecule has 0 saturated carbocycles. The summed E-state index contributed by atoms with van der Waals surface area (Å²) >= 11 is 0. The van der Waals surface area contributed by atoms with Crippen LogP contribution in [0.15, 0.2) is 36.4 Å². The largest absolute Gasteiger partial charge is 0.380 e. The van der Waals surface area contributed by atoms with Gasteiger partial charge in [0.2, 0.25) is 5.91 Å². The highest BCUT2D eigenvalue weighted by atomic mass is 16.2. The summed E-state index contributed by atoms with van der Waals surface area (Å²) in [6, 6.07) is 8.10. The Morgan fingerprint density at radius 3 is 2.69 bits per heavy atom. The number of rotatable bonds is 0. The first kappa shape index (κ1) is 9.46. The smallest absolute Gasteiger partial charge is 0.229 e. The molecule has 2 unspecified atom stereocenters. The first-order chi connectivity index (χ1) is 7.84. The van der Waals surface area contributed by atoms with Gasteiger partial charge in [0.1, 0.15) is 0 Å². The fraction of sp³-hybridized carbons (Fsp3) is 0.308. The van der Waals surface area contributed by atoms with E-state index in [4.69, 9.17) is 0 Å². The van der Waals surface area contributed by atoms with Crippen LogP contribution in [0.5, 0.6) is 0 Å². The molecule has 0 saturated heterocycles. The van der Waals surface area contributed by atoms with Crippen LogP contribution in [0.4, 0.5) is 11.4 Å². The van der Waals surface area contributed by atoms with E-state index in [1.807, 2.05) is 24.3 Å². The molecule has 3 rings (SSSR count). The minimum atomic E-state index is 0.0531. The normalized spacial score (nSPS) is 27.1. The summed E-state index contributed by atoms with van der Waals surface area (Å²) in [4.78, 5) is 12.0. The van der Waals surface area contributed by atoms with Gasteiger partial charge < -0.3 is 10.6 Å². The zero-order chi connectivity index (χ0) is 11.0. The van der Waals surface area contributed by atoms with Crippen LogP contribution in [0.2, 0.25) is 0 Å². The summed E-state index contributed by atoms with van der Waals surface area (Å²) in [5.74, 6) is 0.184. The monoisotopic (exact) mass is 214 g/mol. The Kier molecular flexibility index (Phi) is 2.17. The van der Waals surface area contributed by atoms with Crippen LogP contribution in [0.25, 0.3) is 0 Å². The van der Waals surface area contributed by atoms with Crippen LogP contribution in [0.3, 0.4) is 0 Å². The summed E-state index contributed by atoms with van der Waals surface area (Å²) in [6.45, 7) is 0. The minimum Gasteiger partial charge on any atom is -0.380 e. The molecule has 2 atom stereocenters. The lowest BCUT2D eigenvalue weighted by molar-refractivity contribution is -0.120. The summed E-state index contributed by atoms with van der Waals surface area (Å²) < 4.78 is 0. The zero-order valence-electron chi connectivity index (χ0n) is 8.94. The maximum absolute atomic E-state index is 12.0. The molecular formula is C13H14N2O. The molecule has 1 heterocycles. The van der Waals surface area contributed by atoms with E-state index in [1.165, 1.54) is 0 Å². The van der Waals surface area contributed by atoms with Crippen LogP contribution in [0.1, 0.15) is 12.8 Å². The number of carbonyl (C=O) groups excluding carboxylic acids is 1. The molecule has 1 aliphatic heterocycles. The van der Waals surface area contributed by atoms with Gasteiger partial charge in [-0.25, -0.2) is 0 Å². The van der Waals surface area contributed by atoms with Crippen molar-refractivity contribution < 1.29 is 4.79 Å². The first-order valence-corrected chi connectivity index (χ1v) is 5.66. The molecule has 1 aromatic carbocycles. The van der Waals surface area contributed by atoms with E-state index in [2.05, 4.69) is 22.8 Å². The SMILES string of the molecule is O=C1Nc2ccccc2NC2CC=CCC12. The van der Waals surface area contributed by atoms with Gasteiger partial charge in [0.15, 0.2) is 0 Å². The van der Waals surface area contributed by atoms with Crippen molar-refractivity contribution in [3.05, 3.63) is 36.4 Å². The van der Waals surface area contributed by atoms with Crippen LogP contribution < -0.4 is 10.6 Å². The lowest BCUT2D eigenvalue weighted by Gasteiger charge is -2.25. The number of anilines is 2. The molecule has 0 spiro atoms. The molecule has 3 nitrogen and oxygen atoms in total. The van der Waals surface area contributed by atoms with E-state index < -0.39 is 0 Å². The molecular weight excluding hydrogens is 200 g/mol. The van der Waals surface area contributed by atoms with Gasteiger partial charge in [-0.1, -0.05) is 24.3 Å². The minimum absolute atomic E-state index is 0.0531. The van der Waals surface area contributed by atoms with Gasteiger partial charge in [-0.15, -0.1) is 0 Å². The zero-order valence-corrected chi connectivity index (χ0v) is 8.94. The van der Waals surface area contributed by atoms with E-state index in [9.17, 15) is 4.79 Å². The number of hydrogen-bond acceptors (Lipinski definition) is 2. The molecule has 16 heavy (non-hydrogen) atoms. The third-order valence-corrected chi connectivity index (χ3v) is 3.30. The predicted octanol–water partition coefficient (Wildman–Crippen LogP) is 2.39.